The number of benzene rings is 10. The Morgan fingerprint density at radius 2 is 0.651 bits per heavy atom. The Hall–Kier alpha value is -7.94. The average Bonchev–Trinajstić information content (AvgIpc) is 3.57. The second kappa shape index (κ2) is 15.8. The topological polar surface area (TPSA) is 6.48 Å². The highest BCUT2D eigenvalue weighted by molar-refractivity contribution is 5.99. The van der Waals surface area contributed by atoms with E-state index in [0.29, 0.717) is 0 Å². The van der Waals surface area contributed by atoms with Gasteiger partial charge in [0.15, 0.2) is 0 Å². The molecule has 0 saturated heterocycles. The summed E-state index contributed by atoms with van der Waals surface area (Å²) in [6.07, 6.45) is 0. The van der Waals surface area contributed by atoms with Gasteiger partial charge in [0.2, 0.25) is 0 Å². The Morgan fingerprint density at radius 1 is 0.286 bits per heavy atom. The lowest BCUT2D eigenvalue weighted by atomic mass is 9.82. The van der Waals surface area contributed by atoms with Crippen molar-refractivity contribution in [2.75, 3.05) is 9.80 Å². The highest BCUT2D eigenvalue weighted by Gasteiger charge is 2.37. The van der Waals surface area contributed by atoms with Gasteiger partial charge in [-0.05, 0) is 128 Å². The Balaban J connectivity index is 0.971. The van der Waals surface area contributed by atoms with Crippen LogP contribution in [0.2, 0.25) is 0 Å². The summed E-state index contributed by atoms with van der Waals surface area (Å²) in [5.41, 5.74) is 19.0. The molecular formula is C61H46N2. The highest BCUT2D eigenvalue weighted by Crippen LogP contribution is 2.53. The van der Waals surface area contributed by atoms with Crippen LogP contribution in [-0.2, 0) is 5.41 Å². The van der Waals surface area contributed by atoms with E-state index in [4.69, 9.17) is 0 Å². The lowest BCUT2D eigenvalue weighted by Crippen LogP contribution is -2.17. The molecule has 10 aromatic rings. The van der Waals surface area contributed by atoms with E-state index < -0.39 is 0 Å². The molecule has 0 atom stereocenters. The first-order chi connectivity index (χ1) is 31.0. The fourth-order valence-corrected chi connectivity index (χ4v) is 9.57. The first-order valence-corrected chi connectivity index (χ1v) is 21.8. The number of anilines is 6. The minimum Gasteiger partial charge on any atom is -0.310 e. The highest BCUT2D eigenvalue weighted by atomic mass is 15.1. The predicted molar refractivity (Wildman–Crippen MR) is 267 cm³/mol. The fourth-order valence-electron chi connectivity index (χ4n) is 9.57. The zero-order valence-electron chi connectivity index (χ0n) is 35.5. The summed E-state index contributed by atoms with van der Waals surface area (Å²) in [6.45, 7) is 4.76. The van der Waals surface area contributed by atoms with Crippen molar-refractivity contribution in [3.05, 3.63) is 254 Å². The standard InChI is InChI=1S/C61H46N2/c1-61(2)58-41-53(62(50-21-10-5-11-22-50)51-33-29-47(30-34-51)44-17-8-4-9-18-44)37-39-56(58)57-40-38-54(42-59(57)61)63(60-24-14-20-49-19-12-13-23-55(49)60)52-35-31-48(32-36-52)46-27-25-45(26-28-46)43-15-6-3-7-16-43/h3-42H,1-2H3. The molecule has 0 aliphatic heterocycles. The van der Waals surface area contributed by atoms with Gasteiger partial charge in [0.05, 0.1) is 5.69 Å². The largest absolute Gasteiger partial charge is 0.310 e. The Bertz CT molecular complexity index is 3200. The minimum atomic E-state index is -0.254. The van der Waals surface area contributed by atoms with Gasteiger partial charge in [-0.2, -0.15) is 0 Å². The normalized spacial score (nSPS) is 12.4. The van der Waals surface area contributed by atoms with Crippen LogP contribution in [-0.4, -0.2) is 0 Å². The molecule has 2 nitrogen and oxygen atoms in total. The SMILES string of the molecule is CC1(C)c2cc(N(c3ccccc3)c3ccc(-c4ccccc4)cc3)ccc2-c2ccc(N(c3ccc(-c4ccc(-c5ccccc5)cc4)cc3)c3cccc4ccccc34)cc21. The maximum absolute atomic E-state index is 2.44. The molecule has 300 valence electrons. The number of hydrogen-bond donors (Lipinski definition) is 0. The Morgan fingerprint density at radius 3 is 1.17 bits per heavy atom. The molecule has 0 spiro atoms. The van der Waals surface area contributed by atoms with Crippen molar-refractivity contribution in [3.8, 4) is 44.5 Å². The lowest BCUT2D eigenvalue weighted by Gasteiger charge is -2.30. The zero-order valence-corrected chi connectivity index (χ0v) is 35.5. The van der Waals surface area contributed by atoms with Crippen molar-refractivity contribution < 1.29 is 0 Å². The first-order valence-electron chi connectivity index (χ1n) is 21.8. The second-order valence-electron chi connectivity index (χ2n) is 17.0. The van der Waals surface area contributed by atoms with Crippen molar-refractivity contribution in [1.82, 2.24) is 0 Å². The summed E-state index contributed by atoms with van der Waals surface area (Å²) < 4.78 is 0. The van der Waals surface area contributed by atoms with Crippen LogP contribution in [0.4, 0.5) is 34.1 Å². The minimum absolute atomic E-state index is 0.254. The molecule has 1 aliphatic carbocycles. The smallest absolute Gasteiger partial charge is 0.0540 e. The summed E-state index contributed by atoms with van der Waals surface area (Å²) >= 11 is 0. The number of nitrogens with zero attached hydrogens (tertiary/aromatic N) is 2. The zero-order chi connectivity index (χ0) is 42.3. The Kier molecular flexibility index (Phi) is 9.55. The van der Waals surface area contributed by atoms with E-state index >= 15 is 0 Å². The van der Waals surface area contributed by atoms with E-state index in [1.807, 2.05) is 0 Å². The van der Waals surface area contributed by atoms with Crippen LogP contribution in [0.5, 0.6) is 0 Å². The number of rotatable bonds is 9. The van der Waals surface area contributed by atoms with Gasteiger partial charge < -0.3 is 9.80 Å². The molecule has 2 heteroatoms. The van der Waals surface area contributed by atoms with Crippen LogP contribution in [0.25, 0.3) is 55.3 Å². The molecular weight excluding hydrogens is 761 g/mol. The van der Waals surface area contributed by atoms with Gasteiger partial charge in [-0.3, -0.25) is 0 Å². The molecule has 0 heterocycles. The van der Waals surface area contributed by atoms with Crippen LogP contribution < -0.4 is 9.80 Å². The molecule has 0 unspecified atom stereocenters. The van der Waals surface area contributed by atoms with Gasteiger partial charge in [0.1, 0.15) is 0 Å². The number of hydrogen-bond acceptors (Lipinski definition) is 2. The maximum atomic E-state index is 2.44. The molecule has 0 fully saturated rings. The molecule has 1 aliphatic rings. The van der Waals surface area contributed by atoms with Gasteiger partial charge >= 0.3 is 0 Å². The summed E-state index contributed by atoms with van der Waals surface area (Å²) in [4.78, 5) is 4.81. The van der Waals surface area contributed by atoms with Gasteiger partial charge in [-0.15, -0.1) is 0 Å². The van der Waals surface area contributed by atoms with E-state index in [1.54, 1.807) is 0 Å². The van der Waals surface area contributed by atoms with Gasteiger partial charge in [-0.25, -0.2) is 0 Å². The second-order valence-corrected chi connectivity index (χ2v) is 17.0. The quantitative estimate of drug-likeness (QED) is 0.143. The van der Waals surface area contributed by atoms with Gasteiger partial charge in [0.25, 0.3) is 0 Å². The van der Waals surface area contributed by atoms with Crippen LogP contribution in [0.3, 0.4) is 0 Å². The van der Waals surface area contributed by atoms with E-state index in [1.165, 1.54) is 66.4 Å². The third kappa shape index (κ3) is 6.96. The van der Waals surface area contributed by atoms with Crippen LogP contribution >= 0.6 is 0 Å². The van der Waals surface area contributed by atoms with Crippen molar-refractivity contribution in [1.29, 1.82) is 0 Å². The molecule has 0 bridgehead atoms. The fraction of sp³-hybridized carbons (Fsp3) is 0.0492. The monoisotopic (exact) mass is 806 g/mol. The van der Waals surface area contributed by atoms with E-state index in [-0.39, 0.29) is 5.41 Å². The molecule has 0 radical (unpaired) electrons. The van der Waals surface area contributed by atoms with Crippen molar-refractivity contribution in [3.63, 3.8) is 0 Å². The molecule has 63 heavy (non-hydrogen) atoms. The van der Waals surface area contributed by atoms with Crippen molar-refractivity contribution in [2.45, 2.75) is 19.3 Å². The lowest BCUT2D eigenvalue weighted by molar-refractivity contribution is 0.660. The number of para-hydroxylation sites is 1. The summed E-state index contributed by atoms with van der Waals surface area (Å²) in [6, 6.07) is 88.2. The molecule has 11 rings (SSSR count). The average molecular weight is 807 g/mol. The van der Waals surface area contributed by atoms with E-state index in [2.05, 4.69) is 266 Å². The van der Waals surface area contributed by atoms with Gasteiger partial charge in [-0.1, -0.05) is 190 Å². The summed E-state index contributed by atoms with van der Waals surface area (Å²) in [5, 5.41) is 2.43. The van der Waals surface area contributed by atoms with Gasteiger partial charge in [0, 0.05) is 39.2 Å². The molecule has 10 aromatic carbocycles. The third-order valence-corrected chi connectivity index (χ3v) is 12.9. The van der Waals surface area contributed by atoms with Crippen LogP contribution in [0, 0.1) is 0 Å². The summed E-state index contributed by atoms with van der Waals surface area (Å²) in [7, 11) is 0. The number of fused-ring (bicyclic) bond motifs is 4. The predicted octanol–water partition coefficient (Wildman–Crippen LogP) is 17.1. The van der Waals surface area contributed by atoms with Crippen molar-refractivity contribution >= 4 is 44.9 Å². The molecule has 0 N–H and O–H groups in total. The maximum Gasteiger partial charge on any atom is 0.0540 e. The molecule has 0 saturated carbocycles. The third-order valence-electron chi connectivity index (χ3n) is 12.9. The van der Waals surface area contributed by atoms with Crippen molar-refractivity contribution in [2.24, 2.45) is 0 Å². The van der Waals surface area contributed by atoms with E-state index in [9.17, 15) is 0 Å². The molecule has 0 amide bonds. The van der Waals surface area contributed by atoms with Crippen LogP contribution in [0.1, 0.15) is 25.0 Å². The van der Waals surface area contributed by atoms with E-state index in [0.717, 1.165) is 34.1 Å². The summed E-state index contributed by atoms with van der Waals surface area (Å²) in [5.74, 6) is 0. The van der Waals surface area contributed by atoms with Crippen LogP contribution in [0.15, 0.2) is 243 Å². The first kappa shape index (κ1) is 38.0. The Labute approximate surface area is 370 Å². The molecule has 0 aromatic heterocycles.